The maximum atomic E-state index is 12.6. The lowest BCUT2D eigenvalue weighted by atomic mass is 10.1. The normalized spacial score (nSPS) is 11.4. The molecule has 48 heavy (non-hydrogen) atoms. The third-order valence-electron chi connectivity index (χ3n) is 8.69. The van der Waals surface area contributed by atoms with Crippen molar-refractivity contribution in [3.8, 4) is 0 Å². The molecule has 2 aromatic carbocycles. The van der Waals surface area contributed by atoms with Crippen molar-refractivity contribution >= 4 is 39.6 Å². The summed E-state index contributed by atoms with van der Waals surface area (Å²) in [6.45, 7) is 8.80. The number of pyridine rings is 1. The number of nitrogens with two attached hydrogens (primary N) is 2. The monoisotopic (exact) mass is 657 g/mol. The molecule has 260 valence electrons. The second-order valence-corrected chi connectivity index (χ2v) is 12.5. The second-order valence-electron chi connectivity index (χ2n) is 12.5. The Balaban J connectivity index is 1.49. The number of aryl methyl sites for hydroxylation is 1. The Morgan fingerprint density at radius 2 is 1.46 bits per heavy atom. The molecule has 4 rings (SSSR count). The van der Waals surface area contributed by atoms with Crippen LogP contribution in [0.4, 0.5) is 5.82 Å². The number of unbranched alkanes of at least 4 members (excludes halogenated alkanes) is 4. The summed E-state index contributed by atoms with van der Waals surface area (Å²) in [4.78, 5) is 37.1. The van der Waals surface area contributed by atoms with Gasteiger partial charge in [0.25, 0.3) is 0 Å². The summed E-state index contributed by atoms with van der Waals surface area (Å²) in [6.07, 6.45) is 8.77. The van der Waals surface area contributed by atoms with Crippen LogP contribution < -0.4 is 27.6 Å². The fourth-order valence-electron chi connectivity index (χ4n) is 5.94. The number of hydrazine groups is 1. The number of rotatable bonds is 22. The Labute approximate surface area is 285 Å². The van der Waals surface area contributed by atoms with Gasteiger partial charge in [-0.15, -0.1) is 0 Å². The SMILES string of the molecule is CCCCCNC(=O)CCN(CCC(=O)NCCCCN)Cc1ccc(Cn2c(CCCC)nc3c(NN)nc4ccccc4c32)cc1. The van der Waals surface area contributed by atoms with Crippen molar-refractivity contribution in [1.82, 2.24) is 30.1 Å². The number of nitrogens with zero attached hydrogens (tertiary/aromatic N) is 4. The number of nitrogen functional groups attached to an aromatic ring is 1. The van der Waals surface area contributed by atoms with Gasteiger partial charge in [-0.3, -0.25) is 14.5 Å². The molecule has 2 heterocycles. The zero-order valence-electron chi connectivity index (χ0n) is 28.9. The molecule has 7 N–H and O–H groups in total. The number of benzene rings is 2. The van der Waals surface area contributed by atoms with Crippen LogP contribution in [-0.2, 0) is 29.1 Å². The standard InChI is InChI=1S/C37H55N9O2/c1-3-5-10-22-40-33(47)19-24-45(25-20-34(48)41-23-11-9-21-38)26-28-15-17-29(18-16-28)27-46-32(14-6-4-2)43-35-36(46)30-12-7-8-13-31(30)42-37(35)44-39/h7-8,12-13,15-18H,3-6,9-11,14,19-27,38-39H2,1-2H3,(H,40,47)(H,41,48)(H,42,44). The molecule has 0 atom stereocenters. The van der Waals surface area contributed by atoms with E-state index in [1.165, 1.54) is 0 Å². The van der Waals surface area contributed by atoms with Gasteiger partial charge in [0.1, 0.15) is 11.3 Å². The van der Waals surface area contributed by atoms with Crippen molar-refractivity contribution < 1.29 is 9.59 Å². The number of anilines is 1. The molecule has 0 saturated heterocycles. The van der Waals surface area contributed by atoms with Gasteiger partial charge in [-0.25, -0.2) is 15.8 Å². The van der Waals surface area contributed by atoms with E-state index in [0.29, 0.717) is 64.5 Å². The van der Waals surface area contributed by atoms with Crippen molar-refractivity contribution in [3.63, 3.8) is 0 Å². The number of amides is 2. The average Bonchev–Trinajstić information content (AvgIpc) is 3.47. The molecule has 0 radical (unpaired) electrons. The third-order valence-corrected chi connectivity index (χ3v) is 8.69. The highest BCUT2D eigenvalue weighted by Gasteiger charge is 2.19. The number of fused-ring (bicyclic) bond motifs is 3. The summed E-state index contributed by atoms with van der Waals surface area (Å²) in [5, 5.41) is 7.08. The first kappa shape index (κ1) is 36.8. The van der Waals surface area contributed by atoms with Crippen LogP contribution in [0.5, 0.6) is 0 Å². The number of nitrogens with one attached hydrogen (secondary N) is 3. The van der Waals surface area contributed by atoms with E-state index < -0.39 is 0 Å². The van der Waals surface area contributed by atoms with E-state index in [0.717, 1.165) is 90.3 Å². The van der Waals surface area contributed by atoms with E-state index in [9.17, 15) is 9.59 Å². The predicted octanol–water partition coefficient (Wildman–Crippen LogP) is 5.00. The zero-order chi connectivity index (χ0) is 34.1. The topological polar surface area (TPSA) is 156 Å². The highest BCUT2D eigenvalue weighted by molar-refractivity contribution is 6.07. The molecule has 0 unspecified atom stereocenters. The van der Waals surface area contributed by atoms with E-state index in [1.54, 1.807) is 0 Å². The van der Waals surface area contributed by atoms with E-state index in [-0.39, 0.29) is 11.8 Å². The Morgan fingerprint density at radius 3 is 2.10 bits per heavy atom. The molecule has 0 aliphatic rings. The summed E-state index contributed by atoms with van der Waals surface area (Å²) in [7, 11) is 0. The molecule has 0 fully saturated rings. The summed E-state index contributed by atoms with van der Waals surface area (Å²) in [5.41, 5.74) is 13.3. The van der Waals surface area contributed by atoms with Crippen LogP contribution in [0.25, 0.3) is 21.9 Å². The fourth-order valence-corrected chi connectivity index (χ4v) is 5.94. The van der Waals surface area contributed by atoms with Gasteiger partial charge in [-0.05, 0) is 49.4 Å². The first-order valence-electron chi connectivity index (χ1n) is 17.7. The smallest absolute Gasteiger partial charge is 0.221 e. The molecule has 0 bridgehead atoms. The van der Waals surface area contributed by atoms with Gasteiger partial charge in [0, 0.05) is 63.9 Å². The van der Waals surface area contributed by atoms with Gasteiger partial charge in [-0.1, -0.05) is 75.6 Å². The second kappa shape index (κ2) is 19.7. The molecule has 0 saturated carbocycles. The molecular formula is C37H55N9O2. The molecule has 2 aromatic heterocycles. The van der Waals surface area contributed by atoms with Crippen LogP contribution in [-0.4, -0.2) is 64.0 Å². The summed E-state index contributed by atoms with van der Waals surface area (Å²) < 4.78 is 2.31. The third kappa shape index (κ3) is 10.7. The fraction of sp³-hybridized carbons (Fsp3) is 0.514. The number of carbonyl (C=O) groups is 2. The number of carbonyl (C=O) groups excluding carboxylic acids is 2. The highest BCUT2D eigenvalue weighted by Crippen LogP contribution is 2.31. The van der Waals surface area contributed by atoms with Crippen LogP contribution in [0.15, 0.2) is 48.5 Å². The molecular weight excluding hydrogens is 602 g/mol. The average molecular weight is 658 g/mol. The van der Waals surface area contributed by atoms with Gasteiger partial charge < -0.3 is 26.4 Å². The molecule has 11 heteroatoms. The van der Waals surface area contributed by atoms with Gasteiger partial charge in [0.2, 0.25) is 11.8 Å². The predicted molar refractivity (Wildman–Crippen MR) is 195 cm³/mol. The summed E-state index contributed by atoms with van der Waals surface area (Å²) in [6, 6.07) is 16.7. The van der Waals surface area contributed by atoms with Crippen LogP contribution in [0.1, 0.15) is 88.6 Å². The lowest BCUT2D eigenvalue weighted by Gasteiger charge is -2.22. The number of imidazole rings is 1. The summed E-state index contributed by atoms with van der Waals surface area (Å²) in [5.74, 6) is 7.58. The Kier molecular flexibility index (Phi) is 15.1. The van der Waals surface area contributed by atoms with Gasteiger partial charge in [-0.2, -0.15) is 0 Å². The number of hydrogen-bond acceptors (Lipinski definition) is 8. The van der Waals surface area contributed by atoms with Crippen LogP contribution in [0.2, 0.25) is 0 Å². The Bertz CT molecular complexity index is 1560. The molecule has 4 aromatic rings. The molecule has 11 nitrogen and oxygen atoms in total. The van der Waals surface area contributed by atoms with E-state index in [2.05, 4.69) is 69.7 Å². The van der Waals surface area contributed by atoms with E-state index in [1.807, 2.05) is 18.2 Å². The minimum atomic E-state index is 0.0264. The Hall–Kier alpha value is -4.06. The van der Waals surface area contributed by atoms with E-state index in [4.69, 9.17) is 21.5 Å². The zero-order valence-corrected chi connectivity index (χ0v) is 28.9. The van der Waals surface area contributed by atoms with Gasteiger partial charge in [0.15, 0.2) is 5.82 Å². The van der Waals surface area contributed by atoms with Crippen molar-refractivity contribution in [2.45, 2.75) is 91.1 Å². The molecule has 0 spiro atoms. The van der Waals surface area contributed by atoms with Crippen LogP contribution in [0, 0.1) is 0 Å². The highest BCUT2D eigenvalue weighted by atomic mass is 16.2. The number of hydrogen-bond donors (Lipinski definition) is 5. The molecule has 0 aliphatic heterocycles. The lowest BCUT2D eigenvalue weighted by Crippen LogP contribution is -2.34. The molecule has 0 aliphatic carbocycles. The number of aromatic nitrogens is 3. The minimum Gasteiger partial charge on any atom is -0.356 e. The van der Waals surface area contributed by atoms with Gasteiger partial charge >= 0.3 is 0 Å². The largest absolute Gasteiger partial charge is 0.356 e. The summed E-state index contributed by atoms with van der Waals surface area (Å²) >= 11 is 0. The first-order chi connectivity index (χ1) is 23.5. The van der Waals surface area contributed by atoms with Crippen molar-refractivity contribution in [2.75, 3.05) is 38.1 Å². The number of para-hydroxylation sites is 1. The van der Waals surface area contributed by atoms with Crippen molar-refractivity contribution in [2.24, 2.45) is 11.6 Å². The van der Waals surface area contributed by atoms with Crippen LogP contribution in [0.3, 0.4) is 0 Å². The minimum absolute atomic E-state index is 0.0264. The van der Waals surface area contributed by atoms with Crippen molar-refractivity contribution in [3.05, 3.63) is 65.5 Å². The van der Waals surface area contributed by atoms with Gasteiger partial charge in [0.05, 0.1) is 11.0 Å². The van der Waals surface area contributed by atoms with E-state index >= 15 is 0 Å². The first-order valence-corrected chi connectivity index (χ1v) is 17.7. The maximum absolute atomic E-state index is 12.6. The van der Waals surface area contributed by atoms with Crippen molar-refractivity contribution in [1.29, 1.82) is 0 Å². The lowest BCUT2D eigenvalue weighted by molar-refractivity contribution is -0.121. The van der Waals surface area contributed by atoms with Crippen LogP contribution >= 0.6 is 0 Å². The maximum Gasteiger partial charge on any atom is 0.221 e. The molecule has 2 amide bonds. The quantitative estimate of drug-likeness (QED) is 0.0449. The Morgan fingerprint density at radius 1 is 0.812 bits per heavy atom.